The highest BCUT2D eigenvalue weighted by atomic mass is 35.5. The molecule has 0 radical (unpaired) electrons. The van der Waals surface area contributed by atoms with Gasteiger partial charge in [-0.2, -0.15) is 13.2 Å². The van der Waals surface area contributed by atoms with Gasteiger partial charge in [0.05, 0.1) is 17.1 Å². The van der Waals surface area contributed by atoms with Crippen LogP contribution in [0.2, 0.25) is 5.02 Å². The summed E-state index contributed by atoms with van der Waals surface area (Å²) in [6.07, 6.45) is -5.20. The third-order valence-corrected chi connectivity index (χ3v) is 2.66. The number of cyclic esters (lactones) is 1. The molecule has 0 atom stereocenters. The van der Waals surface area contributed by atoms with Gasteiger partial charge in [0.1, 0.15) is 6.61 Å². The summed E-state index contributed by atoms with van der Waals surface area (Å²) < 4.78 is 42.4. The van der Waals surface area contributed by atoms with Gasteiger partial charge in [-0.3, -0.25) is 4.90 Å². The Balaban J connectivity index is 2.41. The lowest BCUT2D eigenvalue weighted by molar-refractivity contribution is -0.137. The zero-order chi connectivity index (χ0) is 12.6. The molecule has 92 valence electrons. The van der Waals surface area contributed by atoms with Gasteiger partial charge in [0.2, 0.25) is 0 Å². The number of halogens is 4. The summed E-state index contributed by atoms with van der Waals surface area (Å²) in [5.41, 5.74) is -0.833. The van der Waals surface area contributed by atoms with E-state index in [0.29, 0.717) is 0 Å². The van der Waals surface area contributed by atoms with Crippen LogP contribution < -0.4 is 4.90 Å². The lowest BCUT2D eigenvalue weighted by Gasteiger charge is -2.16. The molecular formula is C10H7ClF3NO2. The Morgan fingerprint density at radius 2 is 2.06 bits per heavy atom. The van der Waals surface area contributed by atoms with Gasteiger partial charge in [-0.1, -0.05) is 11.6 Å². The van der Waals surface area contributed by atoms with E-state index in [4.69, 9.17) is 11.6 Å². The predicted molar refractivity (Wildman–Crippen MR) is 55.1 cm³/mol. The molecule has 0 N–H and O–H groups in total. The number of rotatable bonds is 1. The topological polar surface area (TPSA) is 29.5 Å². The second-order valence-corrected chi connectivity index (χ2v) is 3.84. The highest BCUT2D eigenvalue weighted by Crippen LogP contribution is 2.37. The molecule has 0 saturated carbocycles. The largest absolute Gasteiger partial charge is 0.447 e. The quantitative estimate of drug-likeness (QED) is 0.780. The van der Waals surface area contributed by atoms with Gasteiger partial charge in [-0.25, -0.2) is 4.79 Å². The summed E-state index contributed by atoms with van der Waals surface area (Å²) >= 11 is 5.47. The second kappa shape index (κ2) is 4.10. The van der Waals surface area contributed by atoms with E-state index in [0.717, 1.165) is 17.0 Å². The van der Waals surface area contributed by atoms with E-state index in [1.54, 1.807) is 0 Å². The zero-order valence-electron chi connectivity index (χ0n) is 8.42. The van der Waals surface area contributed by atoms with Gasteiger partial charge in [0, 0.05) is 5.69 Å². The summed E-state index contributed by atoms with van der Waals surface area (Å²) in [4.78, 5) is 12.3. The molecule has 0 unspecified atom stereocenters. The van der Waals surface area contributed by atoms with Crippen LogP contribution in [0.3, 0.4) is 0 Å². The third kappa shape index (κ3) is 2.31. The first-order valence-corrected chi connectivity index (χ1v) is 5.08. The van der Waals surface area contributed by atoms with E-state index in [1.807, 2.05) is 0 Å². The third-order valence-electron chi connectivity index (χ3n) is 2.33. The van der Waals surface area contributed by atoms with Crippen LogP contribution in [0.4, 0.5) is 23.7 Å². The number of hydrogen-bond donors (Lipinski definition) is 0. The number of alkyl halides is 3. The van der Waals surface area contributed by atoms with Crippen LogP contribution in [0, 0.1) is 0 Å². The molecule has 3 nitrogen and oxygen atoms in total. The van der Waals surface area contributed by atoms with Gasteiger partial charge in [0.25, 0.3) is 0 Å². The lowest BCUT2D eigenvalue weighted by atomic mass is 10.2. The minimum atomic E-state index is -4.54. The number of hydrogen-bond acceptors (Lipinski definition) is 2. The maximum atomic E-state index is 12.6. The van der Waals surface area contributed by atoms with Crippen molar-refractivity contribution in [2.45, 2.75) is 6.18 Å². The van der Waals surface area contributed by atoms with Crippen LogP contribution in [0.25, 0.3) is 0 Å². The molecule has 1 saturated heterocycles. The van der Waals surface area contributed by atoms with Crippen LogP contribution in [-0.2, 0) is 10.9 Å². The number of amides is 1. The van der Waals surface area contributed by atoms with Crippen molar-refractivity contribution in [3.8, 4) is 0 Å². The van der Waals surface area contributed by atoms with E-state index < -0.39 is 22.9 Å². The summed E-state index contributed by atoms with van der Waals surface area (Å²) in [6, 6.07) is 3.31. The number of carbonyl (C=O) groups is 1. The zero-order valence-corrected chi connectivity index (χ0v) is 9.18. The van der Waals surface area contributed by atoms with Crippen LogP contribution in [0.1, 0.15) is 5.56 Å². The number of anilines is 1. The highest BCUT2D eigenvalue weighted by molar-refractivity contribution is 6.31. The maximum Gasteiger partial charge on any atom is 0.417 e. The molecule has 0 aromatic heterocycles. The molecule has 0 bridgehead atoms. The molecule has 0 aliphatic carbocycles. The van der Waals surface area contributed by atoms with E-state index in [-0.39, 0.29) is 18.8 Å². The van der Waals surface area contributed by atoms with Crippen LogP contribution in [-0.4, -0.2) is 19.2 Å². The fraction of sp³-hybridized carbons (Fsp3) is 0.300. The van der Waals surface area contributed by atoms with E-state index in [1.165, 1.54) is 6.07 Å². The smallest absolute Gasteiger partial charge is 0.417 e. The van der Waals surface area contributed by atoms with Crippen LogP contribution >= 0.6 is 11.6 Å². The van der Waals surface area contributed by atoms with Crippen molar-refractivity contribution in [3.63, 3.8) is 0 Å². The minimum absolute atomic E-state index is 0.129. The number of ether oxygens (including phenoxy) is 1. The van der Waals surface area contributed by atoms with E-state index in [9.17, 15) is 18.0 Å². The van der Waals surface area contributed by atoms with Crippen LogP contribution in [0.5, 0.6) is 0 Å². The summed E-state index contributed by atoms with van der Waals surface area (Å²) in [5.74, 6) is 0. The highest BCUT2D eigenvalue weighted by Gasteiger charge is 2.34. The van der Waals surface area contributed by atoms with E-state index >= 15 is 0 Å². The SMILES string of the molecule is O=C1OCCN1c1ccc(Cl)c(C(F)(F)F)c1. The lowest BCUT2D eigenvalue weighted by Crippen LogP contribution is -2.23. The van der Waals surface area contributed by atoms with Gasteiger partial charge in [-0.05, 0) is 18.2 Å². The average Bonchev–Trinajstić information content (AvgIpc) is 2.63. The molecule has 1 aromatic carbocycles. The van der Waals surface area contributed by atoms with Crippen LogP contribution in [0.15, 0.2) is 18.2 Å². The fourth-order valence-electron chi connectivity index (χ4n) is 1.53. The maximum absolute atomic E-state index is 12.6. The predicted octanol–water partition coefficient (Wildman–Crippen LogP) is 3.32. The molecule has 2 rings (SSSR count). The van der Waals surface area contributed by atoms with Crippen molar-refractivity contribution in [1.29, 1.82) is 0 Å². The number of nitrogens with zero attached hydrogens (tertiary/aromatic N) is 1. The van der Waals surface area contributed by atoms with Crippen molar-refractivity contribution in [3.05, 3.63) is 28.8 Å². The molecule has 1 aliphatic rings. The molecule has 0 spiro atoms. The minimum Gasteiger partial charge on any atom is -0.447 e. The molecule has 1 fully saturated rings. The van der Waals surface area contributed by atoms with E-state index in [2.05, 4.69) is 4.74 Å². The Kier molecular flexibility index (Phi) is 2.91. The standard InChI is InChI=1S/C10H7ClF3NO2/c11-8-2-1-6(5-7(8)10(12,13)14)15-3-4-17-9(15)16/h1-2,5H,3-4H2. The summed E-state index contributed by atoms with van der Waals surface area (Å²) in [7, 11) is 0. The van der Waals surface area contributed by atoms with Gasteiger partial charge < -0.3 is 4.74 Å². The number of benzene rings is 1. The first kappa shape index (κ1) is 12.0. The van der Waals surface area contributed by atoms with Crippen molar-refractivity contribution in [2.75, 3.05) is 18.1 Å². The molecule has 1 heterocycles. The molecule has 7 heteroatoms. The first-order valence-electron chi connectivity index (χ1n) is 4.70. The molecule has 1 aliphatic heterocycles. The van der Waals surface area contributed by atoms with Crippen molar-refractivity contribution >= 4 is 23.4 Å². The Labute approximate surface area is 99.7 Å². The fourth-order valence-corrected chi connectivity index (χ4v) is 1.75. The first-order chi connectivity index (χ1) is 7.89. The molecular weight excluding hydrogens is 259 g/mol. The molecule has 1 amide bonds. The van der Waals surface area contributed by atoms with Gasteiger partial charge in [0.15, 0.2) is 0 Å². The molecule has 17 heavy (non-hydrogen) atoms. The Morgan fingerprint density at radius 3 is 2.59 bits per heavy atom. The summed E-state index contributed by atoms with van der Waals surface area (Å²) in [6.45, 7) is 0.403. The monoisotopic (exact) mass is 265 g/mol. The number of carbonyl (C=O) groups excluding carboxylic acids is 1. The Bertz CT molecular complexity index is 461. The van der Waals surface area contributed by atoms with Crippen molar-refractivity contribution in [1.82, 2.24) is 0 Å². The molecule has 1 aromatic rings. The second-order valence-electron chi connectivity index (χ2n) is 3.43. The van der Waals surface area contributed by atoms with Gasteiger partial charge >= 0.3 is 12.3 Å². The normalized spacial score (nSPS) is 16.2. The average molecular weight is 266 g/mol. The van der Waals surface area contributed by atoms with Crippen molar-refractivity contribution in [2.24, 2.45) is 0 Å². The van der Waals surface area contributed by atoms with Crippen molar-refractivity contribution < 1.29 is 22.7 Å². The Morgan fingerprint density at radius 1 is 1.35 bits per heavy atom. The Hall–Kier alpha value is -1.43. The van der Waals surface area contributed by atoms with Gasteiger partial charge in [-0.15, -0.1) is 0 Å². The summed E-state index contributed by atoms with van der Waals surface area (Å²) in [5, 5.41) is -0.395.